The maximum Gasteiger partial charge on any atom is 0.318 e. The van der Waals surface area contributed by atoms with E-state index in [1.54, 1.807) is 7.05 Å². The molecule has 7 nitrogen and oxygen atoms in total. The normalized spacial score (nSPS) is 20.1. The third-order valence-electron chi connectivity index (χ3n) is 3.96. The van der Waals surface area contributed by atoms with E-state index in [1.807, 2.05) is 0 Å². The molecule has 2 aliphatic rings. The summed E-state index contributed by atoms with van der Waals surface area (Å²) in [4.78, 5) is 13.6. The Labute approximate surface area is 118 Å². The zero-order valence-corrected chi connectivity index (χ0v) is 11.8. The predicted octanol–water partition coefficient (Wildman–Crippen LogP) is 0.284. The van der Waals surface area contributed by atoms with Gasteiger partial charge < -0.3 is 20.0 Å². The molecule has 1 aliphatic carbocycles. The number of piperidine rings is 1. The lowest BCUT2D eigenvalue weighted by Crippen LogP contribution is -2.39. The van der Waals surface area contributed by atoms with E-state index in [2.05, 4.69) is 25.7 Å². The van der Waals surface area contributed by atoms with Gasteiger partial charge in [-0.2, -0.15) is 0 Å². The maximum atomic E-state index is 11.6. The first-order valence-electron chi connectivity index (χ1n) is 7.28. The standard InChI is InChI=1S/C13H21N5O2/c1-14-12(19)9-4-6-18(7-5-9)13-17-16-11(20-13)8-15-10-2-3-10/h9-10,15H,2-8H2,1H3,(H,14,19). The summed E-state index contributed by atoms with van der Waals surface area (Å²) in [5.41, 5.74) is 0. The second-order valence-corrected chi connectivity index (χ2v) is 5.51. The monoisotopic (exact) mass is 279 g/mol. The summed E-state index contributed by atoms with van der Waals surface area (Å²) in [5.74, 6) is 0.875. The van der Waals surface area contributed by atoms with Crippen LogP contribution in [0.5, 0.6) is 0 Å². The van der Waals surface area contributed by atoms with Crippen LogP contribution in [0.15, 0.2) is 4.42 Å². The van der Waals surface area contributed by atoms with E-state index in [4.69, 9.17) is 4.42 Å². The van der Waals surface area contributed by atoms with Crippen LogP contribution in [0.3, 0.4) is 0 Å². The number of carbonyl (C=O) groups excluding carboxylic acids is 1. The van der Waals surface area contributed by atoms with Crippen LogP contribution < -0.4 is 15.5 Å². The number of carbonyl (C=O) groups is 1. The van der Waals surface area contributed by atoms with Crippen LogP contribution in [0.1, 0.15) is 31.6 Å². The Balaban J connectivity index is 1.50. The fourth-order valence-corrected chi connectivity index (χ4v) is 2.50. The van der Waals surface area contributed by atoms with Crippen molar-refractivity contribution in [1.29, 1.82) is 0 Å². The van der Waals surface area contributed by atoms with Gasteiger partial charge in [0.1, 0.15) is 0 Å². The Morgan fingerprint density at radius 3 is 2.70 bits per heavy atom. The number of anilines is 1. The van der Waals surface area contributed by atoms with Crippen LogP contribution in [0, 0.1) is 5.92 Å². The van der Waals surface area contributed by atoms with Gasteiger partial charge in [-0.3, -0.25) is 4.79 Å². The highest BCUT2D eigenvalue weighted by molar-refractivity contribution is 5.78. The molecule has 2 heterocycles. The second-order valence-electron chi connectivity index (χ2n) is 5.51. The number of rotatable bonds is 5. The number of aromatic nitrogens is 2. The van der Waals surface area contributed by atoms with Crippen LogP contribution in [-0.2, 0) is 11.3 Å². The molecule has 7 heteroatoms. The van der Waals surface area contributed by atoms with E-state index in [1.165, 1.54) is 12.8 Å². The first-order valence-corrected chi connectivity index (χ1v) is 7.28. The predicted molar refractivity (Wildman–Crippen MR) is 73.2 cm³/mol. The molecule has 20 heavy (non-hydrogen) atoms. The fourth-order valence-electron chi connectivity index (χ4n) is 2.50. The summed E-state index contributed by atoms with van der Waals surface area (Å²) in [6.45, 7) is 2.22. The van der Waals surface area contributed by atoms with Crippen LogP contribution in [-0.4, -0.2) is 42.3 Å². The molecule has 0 atom stereocenters. The lowest BCUT2D eigenvalue weighted by molar-refractivity contribution is -0.125. The molecular formula is C13H21N5O2. The Morgan fingerprint density at radius 2 is 2.05 bits per heavy atom. The molecule has 1 aliphatic heterocycles. The summed E-state index contributed by atoms with van der Waals surface area (Å²) in [5, 5.41) is 14.2. The molecule has 3 rings (SSSR count). The summed E-state index contributed by atoms with van der Waals surface area (Å²) < 4.78 is 5.66. The molecular weight excluding hydrogens is 258 g/mol. The third-order valence-corrected chi connectivity index (χ3v) is 3.96. The summed E-state index contributed by atoms with van der Waals surface area (Å²) >= 11 is 0. The van der Waals surface area contributed by atoms with Gasteiger partial charge in [-0.15, -0.1) is 5.10 Å². The maximum absolute atomic E-state index is 11.6. The van der Waals surface area contributed by atoms with Gasteiger partial charge in [-0.25, -0.2) is 0 Å². The lowest BCUT2D eigenvalue weighted by Gasteiger charge is -2.29. The average molecular weight is 279 g/mol. The quantitative estimate of drug-likeness (QED) is 0.806. The number of hydrogen-bond acceptors (Lipinski definition) is 6. The molecule has 0 unspecified atom stereocenters. The first kappa shape index (κ1) is 13.4. The minimum absolute atomic E-state index is 0.107. The number of nitrogens with one attached hydrogen (secondary N) is 2. The van der Waals surface area contributed by atoms with Crippen molar-refractivity contribution in [2.24, 2.45) is 5.92 Å². The van der Waals surface area contributed by atoms with Crippen molar-refractivity contribution in [2.45, 2.75) is 38.3 Å². The van der Waals surface area contributed by atoms with Crippen LogP contribution in [0.25, 0.3) is 0 Å². The second kappa shape index (κ2) is 5.78. The van der Waals surface area contributed by atoms with Crippen molar-refractivity contribution >= 4 is 11.9 Å². The van der Waals surface area contributed by atoms with Gasteiger partial charge in [0.15, 0.2) is 0 Å². The van der Waals surface area contributed by atoms with Gasteiger partial charge in [0.2, 0.25) is 11.8 Å². The number of amides is 1. The van der Waals surface area contributed by atoms with Crippen molar-refractivity contribution in [3.8, 4) is 0 Å². The topological polar surface area (TPSA) is 83.3 Å². The minimum Gasteiger partial charge on any atom is -0.407 e. The molecule has 1 saturated heterocycles. The van der Waals surface area contributed by atoms with E-state index in [0.717, 1.165) is 25.9 Å². The molecule has 110 valence electrons. The number of hydrogen-bond donors (Lipinski definition) is 2. The molecule has 2 fully saturated rings. The summed E-state index contributed by atoms with van der Waals surface area (Å²) in [6, 6.07) is 1.21. The van der Waals surface area contributed by atoms with Gasteiger partial charge in [0.25, 0.3) is 0 Å². The molecule has 1 saturated carbocycles. The van der Waals surface area contributed by atoms with E-state index in [9.17, 15) is 4.79 Å². The minimum atomic E-state index is 0.107. The SMILES string of the molecule is CNC(=O)C1CCN(c2nnc(CNC3CC3)o2)CC1. The highest BCUT2D eigenvalue weighted by Crippen LogP contribution is 2.23. The Kier molecular flexibility index (Phi) is 3.86. The highest BCUT2D eigenvalue weighted by atomic mass is 16.4. The van der Waals surface area contributed by atoms with Crippen molar-refractivity contribution in [1.82, 2.24) is 20.8 Å². The van der Waals surface area contributed by atoms with Crippen molar-refractivity contribution in [3.63, 3.8) is 0 Å². The van der Waals surface area contributed by atoms with Crippen LogP contribution >= 0.6 is 0 Å². The van der Waals surface area contributed by atoms with Gasteiger partial charge >= 0.3 is 6.01 Å². The van der Waals surface area contributed by atoms with Crippen molar-refractivity contribution < 1.29 is 9.21 Å². The lowest BCUT2D eigenvalue weighted by atomic mass is 9.96. The number of nitrogens with zero attached hydrogens (tertiary/aromatic N) is 3. The zero-order valence-electron chi connectivity index (χ0n) is 11.8. The zero-order chi connectivity index (χ0) is 13.9. The largest absolute Gasteiger partial charge is 0.407 e. The van der Waals surface area contributed by atoms with Gasteiger partial charge in [-0.05, 0) is 25.7 Å². The molecule has 0 aromatic carbocycles. The van der Waals surface area contributed by atoms with Gasteiger partial charge in [0.05, 0.1) is 6.54 Å². The molecule has 1 aromatic rings. The first-order chi connectivity index (χ1) is 9.76. The fraction of sp³-hybridized carbons (Fsp3) is 0.769. The van der Waals surface area contributed by atoms with Crippen molar-refractivity contribution in [2.75, 3.05) is 25.0 Å². The Bertz CT molecular complexity index is 463. The third kappa shape index (κ3) is 3.09. The Hall–Kier alpha value is -1.63. The summed E-state index contributed by atoms with van der Waals surface area (Å²) in [7, 11) is 1.69. The smallest absolute Gasteiger partial charge is 0.318 e. The Morgan fingerprint density at radius 1 is 1.30 bits per heavy atom. The van der Waals surface area contributed by atoms with Crippen LogP contribution in [0.2, 0.25) is 0 Å². The molecule has 1 aromatic heterocycles. The highest BCUT2D eigenvalue weighted by Gasteiger charge is 2.27. The van der Waals surface area contributed by atoms with E-state index in [0.29, 0.717) is 24.5 Å². The average Bonchev–Trinajstić information content (AvgIpc) is 3.21. The van der Waals surface area contributed by atoms with E-state index < -0.39 is 0 Å². The van der Waals surface area contributed by atoms with Crippen molar-refractivity contribution in [3.05, 3.63) is 5.89 Å². The van der Waals surface area contributed by atoms with E-state index >= 15 is 0 Å². The van der Waals surface area contributed by atoms with Gasteiger partial charge in [-0.1, -0.05) is 5.10 Å². The molecule has 0 bridgehead atoms. The molecule has 2 N–H and O–H groups in total. The molecule has 0 spiro atoms. The van der Waals surface area contributed by atoms with E-state index in [-0.39, 0.29) is 11.8 Å². The summed E-state index contributed by atoms with van der Waals surface area (Å²) in [6.07, 6.45) is 4.15. The molecule has 0 radical (unpaired) electrons. The van der Waals surface area contributed by atoms with Gasteiger partial charge in [0, 0.05) is 32.1 Å². The molecule has 1 amide bonds. The van der Waals surface area contributed by atoms with Crippen LogP contribution in [0.4, 0.5) is 6.01 Å².